The number of methoxy groups -OCH3 is 1. The van der Waals surface area contributed by atoms with Crippen molar-refractivity contribution < 1.29 is 23.4 Å². The molecule has 1 aliphatic carbocycles. The molecule has 34 heavy (non-hydrogen) atoms. The topological polar surface area (TPSA) is 63.6 Å². The fraction of sp³-hybridized carbons (Fsp3) is 0.346. The molecule has 1 saturated carbocycles. The van der Waals surface area contributed by atoms with E-state index in [1.807, 2.05) is 26.2 Å². The Morgan fingerprint density at radius 1 is 1.26 bits per heavy atom. The van der Waals surface area contributed by atoms with Gasteiger partial charge in [-0.2, -0.15) is 0 Å². The lowest BCUT2D eigenvalue weighted by atomic mass is 9.72. The van der Waals surface area contributed by atoms with E-state index >= 15 is 0 Å². The minimum Gasteiger partial charge on any atom is -0.481 e. The molecule has 0 spiro atoms. The van der Waals surface area contributed by atoms with Gasteiger partial charge >= 0.3 is 0 Å². The first-order valence-corrected chi connectivity index (χ1v) is 11.2. The molecule has 2 aromatic carbocycles. The number of aromatic nitrogens is 1. The average Bonchev–Trinajstić information content (AvgIpc) is 3.26. The van der Waals surface area contributed by atoms with E-state index in [1.54, 1.807) is 24.3 Å². The number of aliphatic hydroxyl groups is 1. The lowest BCUT2D eigenvalue weighted by Gasteiger charge is -2.40. The summed E-state index contributed by atoms with van der Waals surface area (Å²) >= 11 is 6.16. The Kier molecular flexibility index (Phi) is 6.68. The lowest BCUT2D eigenvalue weighted by molar-refractivity contribution is -0.106. The monoisotopic (exact) mass is 486 g/mol. The standard InChI is InChI=1S/C24H18ClF2NO3.C2H7N/c1-30-22-20-18(13-19(25)28-22)31-24(16-9-7-15(8-10-16)21(26)27)17(11-12-23(20,24)29)14-5-3-2-4-6-14;1-3-2/h2-3,5,7-10,13,17,21,29H,11-12H2,1H3;3H,1-2H3. The molecule has 0 saturated heterocycles. The van der Waals surface area contributed by atoms with E-state index in [2.05, 4.69) is 22.4 Å². The Bertz CT molecular complexity index is 1150. The van der Waals surface area contributed by atoms with Crippen LogP contribution in [0.25, 0.3) is 0 Å². The van der Waals surface area contributed by atoms with E-state index in [1.165, 1.54) is 19.2 Å². The molecule has 1 aliphatic heterocycles. The Hall–Kier alpha value is -2.92. The number of nitrogens with one attached hydrogen (secondary N) is 1. The van der Waals surface area contributed by atoms with Crippen molar-refractivity contribution >= 4 is 11.6 Å². The third-order valence-corrected chi connectivity index (χ3v) is 6.53. The van der Waals surface area contributed by atoms with Crippen LogP contribution in [0.5, 0.6) is 11.6 Å². The Morgan fingerprint density at radius 2 is 1.97 bits per heavy atom. The second-order valence-electron chi connectivity index (χ2n) is 8.29. The lowest BCUT2D eigenvalue weighted by Crippen LogP contribution is -2.48. The molecule has 3 unspecified atom stereocenters. The van der Waals surface area contributed by atoms with Crippen LogP contribution < -0.4 is 14.8 Å². The number of pyridine rings is 1. The maximum Gasteiger partial charge on any atom is 0.263 e. The first kappa shape index (κ1) is 24.2. The van der Waals surface area contributed by atoms with Gasteiger partial charge in [-0.1, -0.05) is 54.1 Å². The van der Waals surface area contributed by atoms with Crippen LogP contribution >= 0.6 is 11.6 Å². The molecule has 2 N–H and O–H groups in total. The number of fused-ring (bicyclic) bond motifs is 3. The van der Waals surface area contributed by atoms with Crippen molar-refractivity contribution in [2.24, 2.45) is 0 Å². The number of rotatable bonds is 4. The largest absolute Gasteiger partial charge is 0.481 e. The molecule has 0 amide bonds. The number of halogens is 3. The van der Waals surface area contributed by atoms with Crippen LogP contribution in [0.4, 0.5) is 8.78 Å². The summed E-state index contributed by atoms with van der Waals surface area (Å²) in [6.07, 6.45) is -1.66. The van der Waals surface area contributed by atoms with Crippen LogP contribution in [0.1, 0.15) is 47.4 Å². The zero-order valence-corrected chi connectivity index (χ0v) is 19.8. The van der Waals surface area contributed by atoms with E-state index in [-0.39, 0.29) is 22.5 Å². The van der Waals surface area contributed by atoms with Gasteiger partial charge < -0.3 is 19.9 Å². The maximum absolute atomic E-state index is 13.2. The van der Waals surface area contributed by atoms with Gasteiger partial charge in [-0.05, 0) is 44.6 Å². The van der Waals surface area contributed by atoms with Crippen molar-refractivity contribution in [2.45, 2.75) is 36.4 Å². The van der Waals surface area contributed by atoms with Crippen LogP contribution in [0.2, 0.25) is 5.15 Å². The van der Waals surface area contributed by atoms with Gasteiger partial charge in [-0.25, -0.2) is 13.8 Å². The number of ether oxygens (including phenoxy) is 2. The smallest absolute Gasteiger partial charge is 0.263 e. The van der Waals surface area contributed by atoms with Crippen LogP contribution in [-0.4, -0.2) is 31.3 Å². The first-order valence-electron chi connectivity index (χ1n) is 10.8. The molecular weight excluding hydrogens is 462 g/mol. The van der Waals surface area contributed by atoms with Crippen molar-refractivity contribution in [3.63, 3.8) is 0 Å². The summed E-state index contributed by atoms with van der Waals surface area (Å²) in [4.78, 5) is 4.22. The summed E-state index contributed by atoms with van der Waals surface area (Å²) in [5, 5.41) is 15.1. The fourth-order valence-corrected chi connectivity index (χ4v) is 5.25. The number of alkyl halides is 2. The third-order valence-electron chi connectivity index (χ3n) is 6.34. The predicted octanol–water partition coefficient (Wildman–Crippen LogP) is 5.17. The van der Waals surface area contributed by atoms with Crippen LogP contribution in [0, 0.1) is 12.1 Å². The summed E-state index contributed by atoms with van der Waals surface area (Å²) in [6, 6.07) is 19.0. The minimum atomic E-state index is -2.59. The summed E-state index contributed by atoms with van der Waals surface area (Å²) in [5.41, 5.74) is -1.10. The molecule has 3 aromatic rings. The molecular formula is C26H25ClF2N2O3. The molecule has 0 radical (unpaired) electrons. The molecule has 5 nitrogen and oxygen atoms in total. The quantitative estimate of drug-likeness (QED) is 0.498. The van der Waals surface area contributed by atoms with Gasteiger partial charge in [0.2, 0.25) is 5.88 Å². The summed E-state index contributed by atoms with van der Waals surface area (Å²) < 4.78 is 38.3. The second-order valence-corrected chi connectivity index (χ2v) is 8.68. The average molecular weight is 487 g/mol. The molecule has 8 heteroatoms. The SMILES string of the molecule is CNC.COc1nc(Cl)cc2c1C1(O)CCC(c3c#cccc3)C1(c1ccc(C(F)F)cc1)O2. The number of nitrogens with zero attached hydrogens (tertiary/aromatic N) is 1. The highest BCUT2D eigenvalue weighted by Crippen LogP contribution is 2.68. The fourth-order valence-electron chi connectivity index (χ4n) is 5.07. The Balaban J connectivity index is 0.000000868. The van der Waals surface area contributed by atoms with Crippen molar-refractivity contribution in [1.82, 2.24) is 10.3 Å². The Labute approximate surface area is 202 Å². The van der Waals surface area contributed by atoms with Crippen molar-refractivity contribution in [2.75, 3.05) is 21.2 Å². The van der Waals surface area contributed by atoms with Crippen LogP contribution in [0.3, 0.4) is 0 Å². The highest BCUT2D eigenvalue weighted by Gasteiger charge is 2.69. The molecule has 1 aromatic heterocycles. The molecule has 1 fully saturated rings. The van der Waals surface area contributed by atoms with Crippen LogP contribution in [-0.2, 0) is 11.2 Å². The molecule has 3 atom stereocenters. The van der Waals surface area contributed by atoms with E-state index in [0.29, 0.717) is 29.7 Å². The molecule has 2 aliphatic rings. The van der Waals surface area contributed by atoms with Crippen molar-refractivity contribution in [1.29, 1.82) is 0 Å². The van der Waals surface area contributed by atoms with Gasteiger partial charge in [0.1, 0.15) is 16.5 Å². The zero-order chi connectivity index (χ0) is 24.5. The number of benzene rings is 1. The van der Waals surface area contributed by atoms with Crippen molar-refractivity contribution in [3.8, 4) is 11.6 Å². The molecule has 2 heterocycles. The normalized spacial score (nSPS) is 24.4. The maximum atomic E-state index is 13.2. The van der Waals surface area contributed by atoms with E-state index in [9.17, 15) is 13.9 Å². The van der Waals surface area contributed by atoms with Gasteiger partial charge in [-0.15, -0.1) is 0 Å². The minimum absolute atomic E-state index is 0.101. The van der Waals surface area contributed by atoms with Gasteiger partial charge in [0, 0.05) is 23.1 Å². The van der Waals surface area contributed by atoms with E-state index in [0.717, 1.165) is 5.56 Å². The third kappa shape index (κ3) is 3.67. The molecule has 5 rings (SSSR count). The van der Waals surface area contributed by atoms with E-state index < -0.39 is 17.6 Å². The Morgan fingerprint density at radius 3 is 2.56 bits per heavy atom. The molecule has 178 valence electrons. The summed E-state index contributed by atoms with van der Waals surface area (Å²) in [5.74, 6) is 0.227. The van der Waals surface area contributed by atoms with Gasteiger partial charge in [0.05, 0.1) is 12.7 Å². The second kappa shape index (κ2) is 9.38. The highest BCUT2D eigenvalue weighted by atomic mass is 35.5. The van der Waals surface area contributed by atoms with Gasteiger partial charge in [0.15, 0.2) is 5.60 Å². The highest BCUT2D eigenvalue weighted by molar-refractivity contribution is 6.29. The molecule has 0 bridgehead atoms. The van der Waals surface area contributed by atoms with Gasteiger partial charge in [0.25, 0.3) is 6.43 Å². The first-order chi connectivity index (χ1) is 16.3. The van der Waals surface area contributed by atoms with Gasteiger partial charge in [-0.3, -0.25) is 0 Å². The summed E-state index contributed by atoms with van der Waals surface area (Å²) in [6.45, 7) is 0. The zero-order valence-electron chi connectivity index (χ0n) is 19.0. The predicted molar refractivity (Wildman–Crippen MR) is 124 cm³/mol. The number of hydrogen-bond donors (Lipinski definition) is 2. The van der Waals surface area contributed by atoms with Crippen LogP contribution in [0.15, 0.2) is 48.5 Å². The number of hydrogen-bond acceptors (Lipinski definition) is 5. The van der Waals surface area contributed by atoms with Crippen molar-refractivity contribution in [3.05, 3.63) is 88.1 Å². The van der Waals surface area contributed by atoms with E-state index in [4.69, 9.17) is 21.1 Å². The summed E-state index contributed by atoms with van der Waals surface area (Å²) in [7, 11) is 5.20.